The van der Waals surface area contributed by atoms with Crippen LogP contribution in [0.4, 0.5) is 13.2 Å². The molecule has 11 aromatic rings. The van der Waals surface area contributed by atoms with E-state index in [0.717, 1.165) is 71.9 Å². The summed E-state index contributed by atoms with van der Waals surface area (Å²) in [6.45, 7) is 0. The summed E-state index contributed by atoms with van der Waals surface area (Å²) in [5.41, 5.74) is 10.0. The van der Waals surface area contributed by atoms with Gasteiger partial charge in [-0.25, -0.2) is 0 Å². The molecular weight excluding hydrogens is 850 g/mol. The Morgan fingerprint density at radius 2 is 0.750 bits per heavy atom. The molecule has 68 heavy (non-hydrogen) atoms. The van der Waals surface area contributed by atoms with E-state index in [9.17, 15) is 34.2 Å². The Morgan fingerprint density at radius 1 is 0.324 bits per heavy atom. The molecule has 2 aromatic heterocycles. The third-order valence-electron chi connectivity index (χ3n) is 12.7. The molecule has 0 atom stereocenters. The monoisotopic (exact) mass is 880 g/mol. The summed E-state index contributed by atoms with van der Waals surface area (Å²) in [6.07, 6.45) is -4.78. The van der Waals surface area contributed by atoms with Crippen LogP contribution in [0.2, 0.25) is 0 Å². The highest BCUT2D eigenvalue weighted by atomic mass is 19.4. The average Bonchev–Trinajstić information content (AvgIpc) is 3.89. The van der Waals surface area contributed by atoms with Gasteiger partial charge in [0.25, 0.3) is 0 Å². The fourth-order valence-corrected chi connectivity index (χ4v) is 9.59. The number of hydrogen-bond donors (Lipinski definition) is 0. The van der Waals surface area contributed by atoms with Crippen molar-refractivity contribution >= 4 is 43.6 Å². The molecule has 0 aliphatic rings. The quantitative estimate of drug-likeness (QED) is 0.166. The van der Waals surface area contributed by atoms with Crippen molar-refractivity contribution in [3.63, 3.8) is 0 Å². The second kappa shape index (κ2) is 16.1. The lowest BCUT2D eigenvalue weighted by atomic mass is 9.92. The maximum Gasteiger partial charge on any atom is 0.417 e. The van der Waals surface area contributed by atoms with Crippen LogP contribution in [-0.2, 0) is 6.18 Å². The van der Waals surface area contributed by atoms with Crippen LogP contribution in [0.25, 0.3) is 99.5 Å². The maximum absolute atomic E-state index is 15.0. The molecule has 2 heterocycles. The second-order valence-corrected chi connectivity index (χ2v) is 16.5. The van der Waals surface area contributed by atoms with Crippen molar-refractivity contribution in [1.82, 2.24) is 9.13 Å². The number of benzene rings is 9. The molecule has 0 aliphatic heterocycles. The molecule has 0 bridgehead atoms. The van der Waals surface area contributed by atoms with Gasteiger partial charge in [-0.1, -0.05) is 84.9 Å². The van der Waals surface area contributed by atoms with Gasteiger partial charge >= 0.3 is 6.18 Å². The second-order valence-electron chi connectivity index (χ2n) is 16.5. The highest BCUT2D eigenvalue weighted by molar-refractivity contribution is 6.13. The van der Waals surface area contributed by atoms with Crippen LogP contribution in [0.3, 0.4) is 0 Å². The van der Waals surface area contributed by atoms with Gasteiger partial charge in [0.1, 0.15) is 0 Å². The zero-order chi connectivity index (χ0) is 46.7. The Balaban J connectivity index is 1.22. The SMILES string of the molecule is N#Cc1cccc(-c2ccc3c(c2)c2ccccc2n3-c2ccc(C#N)cc2-c2cc(-c3ccc(C#N)cc3C(F)(F)F)ccc2-n2c3ccccc3c3cc(-c4cccc(C#N)c4)ccc32)c1. The Hall–Kier alpha value is -9.67. The number of aromatic nitrogens is 2. The molecule has 318 valence electrons. The van der Waals surface area contributed by atoms with E-state index in [2.05, 4.69) is 39.5 Å². The van der Waals surface area contributed by atoms with Crippen LogP contribution in [0.5, 0.6) is 0 Å². The van der Waals surface area contributed by atoms with Crippen molar-refractivity contribution in [1.29, 1.82) is 21.0 Å². The summed E-state index contributed by atoms with van der Waals surface area (Å²) in [7, 11) is 0. The largest absolute Gasteiger partial charge is 0.417 e. The summed E-state index contributed by atoms with van der Waals surface area (Å²) in [5.74, 6) is 0. The molecule has 11 rings (SSSR count). The molecular formula is C59H31F3N6. The van der Waals surface area contributed by atoms with Gasteiger partial charge in [0.15, 0.2) is 0 Å². The van der Waals surface area contributed by atoms with Crippen molar-refractivity contribution in [2.75, 3.05) is 0 Å². The number of fused-ring (bicyclic) bond motifs is 6. The highest BCUT2D eigenvalue weighted by Crippen LogP contribution is 2.45. The molecule has 0 unspecified atom stereocenters. The van der Waals surface area contributed by atoms with Crippen LogP contribution in [0.1, 0.15) is 27.8 Å². The smallest absolute Gasteiger partial charge is 0.309 e. The standard InChI is InChI=1S/C59H31F3N6/c60-59(61,62)52-28-39(35-66)15-20-45(52)44-19-24-58(68-54-14-4-2-12-47(54)50-30-43(18-23-57(50)68)41-10-6-8-37(26-41)33-64)51(31-44)48-27-38(34-65)16-21-55(48)67-53-13-3-1-11-46(53)49-29-42(17-22-56(49)67)40-9-5-7-36(25-40)32-63/h1-31H. The van der Waals surface area contributed by atoms with Crippen LogP contribution in [-0.4, -0.2) is 9.13 Å². The molecule has 9 aromatic carbocycles. The zero-order valence-electron chi connectivity index (χ0n) is 35.7. The molecule has 0 spiro atoms. The minimum atomic E-state index is -4.78. The van der Waals surface area contributed by atoms with Crippen molar-refractivity contribution < 1.29 is 13.2 Å². The molecule has 0 saturated heterocycles. The lowest BCUT2D eigenvalue weighted by Crippen LogP contribution is -2.08. The fraction of sp³-hybridized carbons (Fsp3) is 0.0169. The Bertz CT molecular complexity index is 4090. The first-order valence-corrected chi connectivity index (χ1v) is 21.5. The van der Waals surface area contributed by atoms with E-state index in [0.29, 0.717) is 39.2 Å². The molecule has 0 saturated carbocycles. The van der Waals surface area contributed by atoms with Gasteiger partial charge in [-0.3, -0.25) is 0 Å². The molecule has 0 radical (unpaired) electrons. The maximum atomic E-state index is 15.0. The van der Waals surface area contributed by atoms with Gasteiger partial charge in [-0.15, -0.1) is 0 Å². The normalized spacial score (nSPS) is 11.4. The summed E-state index contributed by atoms with van der Waals surface area (Å²) in [6, 6.07) is 66.0. The van der Waals surface area contributed by atoms with Crippen LogP contribution < -0.4 is 0 Å². The fourth-order valence-electron chi connectivity index (χ4n) is 9.59. The summed E-state index contributed by atoms with van der Waals surface area (Å²) < 4.78 is 49.1. The van der Waals surface area contributed by atoms with Crippen molar-refractivity contribution in [2.24, 2.45) is 0 Å². The first-order valence-electron chi connectivity index (χ1n) is 21.5. The van der Waals surface area contributed by atoms with E-state index < -0.39 is 11.7 Å². The number of halogens is 3. The summed E-state index contributed by atoms with van der Waals surface area (Å²) >= 11 is 0. The summed E-state index contributed by atoms with van der Waals surface area (Å²) in [5, 5.41) is 43.2. The first-order chi connectivity index (χ1) is 33.1. The topological polar surface area (TPSA) is 105 Å². The van der Waals surface area contributed by atoms with Crippen molar-refractivity contribution in [3.05, 3.63) is 216 Å². The van der Waals surface area contributed by atoms with E-state index in [1.165, 1.54) is 12.1 Å². The lowest BCUT2D eigenvalue weighted by Gasteiger charge is -2.21. The number of rotatable bonds is 6. The number of para-hydroxylation sites is 2. The van der Waals surface area contributed by atoms with Gasteiger partial charge in [0.05, 0.1) is 85.5 Å². The third kappa shape index (κ3) is 6.79. The number of nitriles is 4. The first kappa shape index (κ1) is 41.1. The Morgan fingerprint density at radius 3 is 1.28 bits per heavy atom. The van der Waals surface area contributed by atoms with E-state index in [1.54, 1.807) is 36.4 Å². The van der Waals surface area contributed by atoms with Crippen LogP contribution >= 0.6 is 0 Å². The van der Waals surface area contributed by atoms with E-state index in [1.807, 2.05) is 127 Å². The predicted octanol–water partition coefficient (Wildman–Crippen LogP) is 15.1. The third-order valence-corrected chi connectivity index (χ3v) is 12.7. The van der Waals surface area contributed by atoms with Gasteiger partial charge in [0.2, 0.25) is 0 Å². The average molecular weight is 881 g/mol. The molecule has 0 fully saturated rings. The number of alkyl halides is 3. The van der Waals surface area contributed by atoms with Gasteiger partial charge in [-0.05, 0) is 137 Å². The molecule has 6 nitrogen and oxygen atoms in total. The predicted molar refractivity (Wildman–Crippen MR) is 261 cm³/mol. The van der Waals surface area contributed by atoms with E-state index >= 15 is 0 Å². The van der Waals surface area contributed by atoms with E-state index in [-0.39, 0.29) is 16.7 Å². The number of nitrogens with zero attached hydrogens (tertiary/aromatic N) is 6. The minimum Gasteiger partial charge on any atom is -0.309 e. The van der Waals surface area contributed by atoms with Crippen molar-refractivity contribution in [3.8, 4) is 80.2 Å². The van der Waals surface area contributed by atoms with Crippen molar-refractivity contribution in [2.45, 2.75) is 6.18 Å². The van der Waals surface area contributed by atoms with Gasteiger partial charge < -0.3 is 9.13 Å². The Kier molecular flexibility index (Phi) is 9.72. The summed E-state index contributed by atoms with van der Waals surface area (Å²) in [4.78, 5) is 0. The minimum absolute atomic E-state index is 0.0985. The van der Waals surface area contributed by atoms with Gasteiger partial charge in [0, 0.05) is 32.7 Å². The molecule has 0 amide bonds. The number of hydrogen-bond acceptors (Lipinski definition) is 4. The van der Waals surface area contributed by atoms with E-state index in [4.69, 9.17) is 0 Å². The lowest BCUT2D eigenvalue weighted by molar-refractivity contribution is -0.137. The molecule has 9 heteroatoms. The molecule has 0 aliphatic carbocycles. The Labute approximate surface area is 387 Å². The highest BCUT2D eigenvalue weighted by Gasteiger charge is 2.34. The van der Waals surface area contributed by atoms with Crippen LogP contribution in [0, 0.1) is 45.3 Å². The molecule has 0 N–H and O–H groups in total. The zero-order valence-corrected chi connectivity index (χ0v) is 35.7. The van der Waals surface area contributed by atoms with Crippen LogP contribution in [0.15, 0.2) is 188 Å². The van der Waals surface area contributed by atoms with Gasteiger partial charge in [-0.2, -0.15) is 34.2 Å².